The number of nitrogens with one attached hydrogen (secondary N) is 1. The molecule has 0 saturated carbocycles. The summed E-state index contributed by atoms with van der Waals surface area (Å²) in [7, 11) is -2.62. The van der Waals surface area contributed by atoms with Crippen LogP contribution in [0, 0.1) is 11.8 Å². The average Bonchev–Trinajstić information content (AvgIpc) is 2.93. The third-order valence-electron chi connectivity index (χ3n) is 6.69. The molecule has 1 aliphatic rings. The number of nitrogens with zero attached hydrogens (tertiary/aromatic N) is 1. The van der Waals surface area contributed by atoms with Gasteiger partial charge in [-0.2, -0.15) is 0 Å². The van der Waals surface area contributed by atoms with Gasteiger partial charge in [0.2, 0.25) is 0 Å². The van der Waals surface area contributed by atoms with Crippen LogP contribution in [0.3, 0.4) is 0 Å². The molecule has 1 aliphatic heterocycles. The van der Waals surface area contributed by atoms with E-state index in [9.17, 15) is 4.79 Å². The van der Waals surface area contributed by atoms with Crippen LogP contribution in [0.15, 0.2) is 91.0 Å². The molecular weight excluding hydrogens is 476 g/mol. The molecule has 0 aliphatic carbocycles. The first-order chi connectivity index (χ1) is 17.9. The Bertz CT molecular complexity index is 1160. The average molecular weight is 513 g/mol. The summed E-state index contributed by atoms with van der Waals surface area (Å²) in [6, 6.07) is 30.7. The van der Waals surface area contributed by atoms with Gasteiger partial charge in [0.05, 0.1) is 19.2 Å². The zero-order valence-corrected chi connectivity index (χ0v) is 22.9. The van der Waals surface area contributed by atoms with Crippen LogP contribution in [0.5, 0.6) is 0 Å². The van der Waals surface area contributed by atoms with E-state index in [1.807, 2.05) is 42.5 Å². The molecule has 3 aromatic carbocycles. The van der Waals surface area contributed by atoms with Crippen LogP contribution in [-0.2, 0) is 15.8 Å². The van der Waals surface area contributed by atoms with Gasteiger partial charge >= 0.3 is 6.09 Å². The van der Waals surface area contributed by atoms with Gasteiger partial charge in [0.15, 0.2) is 0 Å². The lowest BCUT2D eigenvalue weighted by molar-refractivity contribution is 0.0885. The fraction of sp³-hybridized carbons (Fsp3) is 0.323. The zero-order chi connectivity index (χ0) is 26.1. The first kappa shape index (κ1) is 26.7. The maximum absolute atomic E-state index is 12.6. The van der Waals surface area contributed by atoms with Gasteiger partial charge in [-0.05, 0) is 21.0 Å². The monoisotopic (exact) mass is 512 g/mol. The third-order valence-corrected chi connectivity index (χ3v) is 11.7. The number of carbonyl (C=O) groups is 1. The topological polar surface area (TPSA) is 50.8 Å². The fourth-order valence-electron chi connectivity index (χ4n) is 4.89. The molecule has 1 amide bonds. The number of hydrogen-bond acceptors (Lipinski definition) is 4. The van der Waals surface area contributed by atoms with Gasteiger partial charge < -0.3 is 19.4 Å². The van der Waals surface area contributed by atoms with Crippen molar-refractivity contribution in [2.75, 3.05) is 26.2 Å². The van der Waals surface area contributed by atoms with Crippen LogP contribution < -0.4 is 15.7 Å². The van der Waals surface area contributed by atoms with Gasteiger partial charge in [-0.15, -0.1) is 0 Å². The molecule has 0 bridgehead atoms. The molecule has 1 atom stereocenters. The van der Waals surface area contributed by atoms with Gasteiger partial charge in [-0.25, -0.2) is 4.79 Å². The van der Waals surface area contributed by atoms with E-state index in [0.717, 1.165) is 5.56 Å². The molecule has 1 fully saturated rings. The minimum atomic E-state index is -2.62. The molecule has 3 aromatic rings. The Morgan fingerprint density at radius 2 is 1.51 bits per heavy atom. The van der Waals surface area contributed by atoms with Crippen molar-refractivity contribution in [1.29, 1.82) is 0 Å². The van der Waals surface area contributed by atoms with Crippen molar-refractivity contribution >= 4 is 24.8 Å². The van der Waals surface area contributed by atoms with Crippen molar-refractivity contribution in [1.82, 2.24) is 10.2 Å². The van der Waals surface area contributed by atoms with E-state index in [1.165, 1.54) is 10.4 Å². The van der Waals surface area contributed by atoms with Crippen LogP contribution in [0.2, 0.25) is 5.04 Å². The predicted octanol–water partition coefficient (Wildman–Crippen LogP) is 4.18. The first-order valence-electron chi connectivity index (χ1n) is 12.8. The fourth-order valence-corrected chi connectivity index (χ4v) is 9.34. The maximum Gasteiger partial charge on any atom is 0.410 e. The van der Waals surface area contributed by atoms with Crippen LogP contribution >= 0.6 is 0 Å². The predicted molar refractivity (Wildman–Crippen MR) is 151 cm³/mol. The molecule has 0 spiro atoms. The second-order valence-corrected chi connectivity index (χ2v) is 14.6. The van der Waals surface area contributed by atoms with E-state index in [4.69, 9.17) is 9.16 Å². The minimum absolute atomic E-state index is 0.0974. The summed E-state index contributed by atoms with van der Waals surface area (Å²) < 4.78 is 12.4. The van der Waals surface area contributed by atoms with E-state index in [1.54, 1.807) is 4.90 Å². The Morgan fingerprint density at radius 3 is 2.08 bits per heavy atom. The number of carbonyl (C=O) groups excluding carboxylic acids is 1. The number of piperazine rings is 1. The maximum atomic E-state index is 12.6. The molecule has 0 radical (unpaired) electrons. The molecule has 192 valence electrons. The van der Waals surface area contributed by atoms with E-state index in [-0.39, 0.29) is 23.8 Å². The number of ether oxygens (including phenoxy) is 1. The number of amides is 1. The molecule has 37 heavy (non-hydrogen) atoms. The van der Waals surface area contributed by atoms with Gasteiger partial charge in [-0.1, -0.05) is 124 Å². The van der Waals surface area contributed by atoms with Crippen molar-refractivity contribution in [2.24, 2.45) is 0 Å². The van der Waals surface area contributed by atoms with Crippen molar-refractivity contribution < 1.29 is 14.0 Å². The standard InChI is InChI=1S/C31H36N2O3Si/c1-31(2,3)37(28-17-9-5-10-18-28,29-19-11-6-12-20-29)36-23-13-16-27-24-33(22-21-32-27)30(34)35-25-26-14-7-4-8-15-26/h4-12,14-15,17-20,27,32H,21-25H2,1-3H3. The minimum Gasteiger partial charge on any atom is -0.445 e. The Hall–Kier alpha value is -3.37. The smallest absolute Gasteiger partial charge is 0.410 e. The number of hydrogen-bond donors (Lipinski definition) is 1. The van der Waals surface area contributed by atoms with Crippen LogP contribution in [0.4, 0.5) is 4.79 Å². The van der Waals surface area contributed by atoms with Crippen molar-refractivity contribution in [2.45, 2.75) is 38.5 Å². The molecule has 1 saturated heterocycles. The lowest BCUT2D eigenvalue weighted by Crippen LogP contribution is -2.66. The largest absolute Gasteiger partial charge is 0.445 e. The Kier molecular flexibility index (Phi) is 8.83. The van der Waals surface area contributed by atoms with Crippen molar-refractivity contribution in [3.05, 3.63) is 96.6 Å². The Labute approximate surface area is 221 Å². The number of benzene rings is 3. The van der Waals surface area contributed by atoms with E-state index >= 15 is 0 Å². The van der Waals surface area contributed by atoms with Crippen LogP contribution in [0.1, 0.15) is 26.3 Å². The summed E-state index contributed by atoms with van der Waals surface area (Å²) in [5.41, 5.74) is 0.975. The van der Waals surface area contributed by atoms with Gasteiger partial charge in [0.25, 0.3) is 8.32 Å². The second kappa shape index (κ2) is 12.2. The third kappa shape index (κ3) is 6.50. The summed E-state index contributed by atoms with van der Waals surface area (Å²) in [6.07, 6.45) is -0.305. The van der Waals surface area contributed by atoms with Gasteiger partial charge in [0, 0.05) is 13.1 Å². The summed E-state index contributed by atoms with van der Waals surface area (Å²) in [6.45, 7) is 9.13. The summed E-state index contributed by atoms with van der Waals surface area (Å²) in [4.78, 5) is 14.3. The van der Waals surface area contributed by atoms with E-state index < -0.39 is 8.32 Å². The zero-order valence-electron chi connectivity index (χ0n) is 21.9. The highest BCUT2D eigenvalue weighted by Gasteiger charge is 2.50. The Balaban J connectivity index is 1.44. The molecule has 1 N–H and O–H groups in total. The SMILES string of the molecule is CC(C)(C)[Si](OCC#CC1CN(C(=O)OCc2ccccc2)CCN1)(c1ccccc1)c1ccccc1. The number of rotatable bonds is 6. The second-order valence-electron chi connectivity index (χ2n) is 10.3. The van der Waals surface area contributed by atoms with E-state index in [0.29, 0.717) is 26.2 Å². The highest BCUT2D eigenvalue weighted by atomic mass is 28.4. The Morgan fingerprint density at radius 1 is 0.946 bits per heavy atom. The van der Waals surface area contributed by atoms with Crippen LogP contribution in [0.25, 0.3) is 0 Å². The normalized spacial score (nSPS) is 16.0. The summed E-state index contributed by atoms with van der Waals surface area (Å²) in [5.74, 6) is 6.55. The first-order valence-corrected chi connectivity index (χ1v) is 14.7. The molecule has 1 unspecified atom stereocenters. The van der Waals surface area contributed by atoms with Crippen molar-refractivity contribution in [3.8, 4) is 11.8 Å². The molecule has 5 nitrogen and oxygen atoms in total. The molecule has 0 aromatic heterocycles. The highest BCUT2D eigenvalue weighted by Crippen LogP contribution is 2.36. The van der Waals surface area contributed by atoms with Gasteiger partial charge in [0.1, 0.15) is 6.61 Å². The molecule has 1 heterocycles. The molecule has 4 rings (SSSR count). The lowest BCUT2D eigenvalue weighted by atomic mass is 10.2. The highest BCUT2D eigenvalue weighted by molar-refractivity contribution is 6.99. The van der Waals surface area contributed by atoms with Gasteiger partial charge in [-0.3, -0.25) is 0 Å². The summed E-state index contributed by atoms with van der Waals surface area (Å²) in [5, 5.41) is 5.77. The molecular formula is C31H36N2O3Si. The lowest BCUT2D eigenvalue weighted by Gasteiger charge is -2.42. The summed E-state index contributed by atoms with van der Waals surface area (Å²) >= 11 is 0. The quantitative estimate of drug-likeness (QED) is 0.398. The van der Waals surface area contributed by atoms with Crippen molar-refractivity contribution in [3.63, 3.8) is 0 Å². The molecule has 6 heteroatoms. The van der Waals surface area contributed by atoms with Crippen LogP contribution in [-0.4, -0.2) is 51.6 Å². The van der Waals surface area contributed by atoms with E-state index in [2.05, 4.69) is 86.5 Å².